The highest BCUT2D eigenvalue weighted by Gasteiger charge is 2.36. The Hall–Kier alpha value is -0.530. The Bertz CT molecular complexity index is 546. The first kappa shape index (κ1) is 16.5. The molecule has 19 heavy (non-hydrogen) atoms. The maximum Gasteiger partial charge on any atom is 0.329 e. The summed E-state index contributed by atoms with van der Waals surface area (Å²) in [5, 5.41) is 9.83. The number of rotatable bonds is 3. The number of carboxylic acid groups (broad SMARTS) is 1. The lowest BCUT2D eigenvalue weighted by atomic mass is 10.0. The van der Waals surface area contributed by atoms with Gasteiger partial charge in [0.15, 0.2) is 0 Å². The van der Waals surface area contributed by atoms with E-state index in [0.717, 1.165) is 4.90 Å². The number of hydrogen-bond donors (Lipinski definition) is 1. The van der Waals surface area contributed by atoms with Crippen LogP contribution in [0.1, 0.15) is 24.2 Å². The van der Waals surface area contributed by atoms with Gasteiger partial charge < -0.3 is 10.0 Å². The first-order chi connectivity index (χ1) is 8.59. The Labute approximate surface area is 134 Å². The van der Waals surface area contributed by atoms with Crippen molar-refractivity contribution in [2.45, 2.75) is 19.4 Å². The van der Waals surface area contributed by atoms with E-state index in [0.29, 0.717) is 13.6 Å². The summed E-state index contributed by atoms with van der Waals surface area (Å²) in [6, 6.07) is 3.01. The zero-order valence-electron chi connectivity index (χ0n) is 10.5. The molecule has 0 aliphatic heterocycles. The monoisotopic (exact) mass is 415 g/mol. The van der Waals surface area contributed by atoms with Crippen LogP contribution in [0.25, 0.3) is 0 Å². The molecule has 0 heterocycles. The lowest BCUT2D eigenvalue weighted by Gasteiger charge is -2.32. The molecule has 1 aromatic carbocycles. The normalized spacial score (nSPS) is 11.3. The summed E-state index contributed by atoms with van der Waals surface area (Å²) >= 11 is 13.8. The van der Waals surface area contributed by atoms with E-state index in [1.807, 2.05) is 22.6 Å². The van der Waals surface area contributed by atoms with Gasteiger partial charge in [0, 0.05) is 15.6 Å². The van der Waals surface area contributed by atoms with Crippen LogP contribution in [0.3, 0.4) is 0 Å². The van der Waals surface area contributed by atoms with Crippen molar-refractivity contribution >= 4 is 57.7 Å². The van der Waals surface area contributed by atoms with Gasteiger partial charge in [0.1, 0.15) is 5.54 Å². The van der Waals surface area contributed by atoms with Crippen molar-refractivity contribution in [2.24, 2.45) is 0 Å². The quantitative estimate of drug-likeness (QED) is 0.606. The second-order valence-electron chi connectivity index (χ2n) is 4.48. The Morgan fingerprint density at radius 1 is 1.32 bits per heavy atom. The molecule has 4 nitrogen and oxygen atoms in total. The first-order valence-corrected chi connectivity index (χ1v) is 7.08. The highest BCUT2D eigenvalue weighted by Crippen LogP contribution is 2.28. The number of hydrogen-bond acceptors (Lipinski definition) is 2. The largest absolute Gasteiger partial charge is 0.480 e. The predicted octanol–water partition coefficient (Wildman–Crippen LogP) is 3.53. The zero-order valence-corrected chi connectivity index (χ0v) is 14.2. The molecule has 0 aliphatic rings. The fourth-order valence-electron chi connectivity index (χ4n) is 1.29. The van der Waals surface area contributed by atoms with Crippen LogP contribution in [-0.2, 0) is 4.79 Å². The average Bonchev–Trinajstić information content (AvgIpc) is 2.31. The van der Waals surface area contributed by atoms with E-state index in [1.165, 1.54) is 33.0 Å². The highest BCUT2D eigenvalue weighted by molar-refractivity contribution is 14.1. The summed E-state index contributed by atoms with van der Waals surface area (Å²) < 4.78 is 0.543. The fourth-order valence-corrected chi connectivity index (χ4v) is 2.33. The van der Waals surface area contributed by atoms with Crippen molar-refractivity contribution < 1.29 is 14.7 Å². The molecule has 0 radical (unpaired) electrons. The van der Waals surface area contributed by atoms with Gasteiger partial charge in [0.2, 0.25) is 0 Å². The molecular formula is C12H12Cl2INO3. The van der Waals surface area contributed by atoms with E-state index in [-0.39, 0.29) is 5.56 Å². The molecule has 0 bridgehead atoms. The maximum absolute atomic E-state index is 12.4. The van der Waals surface area contributed by atoms with E-state index < -0.39 is 17.4 Å². The summed E-state index contributed by atoms with van der Waals surface area (Å²) in [6.45, 7) is 2.90. The number of carboxylic acids is 1. The maximum atomic E-state index is 12.4. The third-order valence-electron chi connectivity index (χ3n) is 2.89. The number of halogens is 3. The van der Waals surface area contributed by atoms with Crippen LogP contribution < -0.4 is 0 Å². The number of carbonyl (C=O) groups excluding carboxylic acids is 1. The van der Waals surface area contributed by atoms with Crippen molar-refractivity contribution in [1.29, 1.82) is 0 Å². The van der Waals surface area contributed by atoms with Gasteiger partial charge in [-0.2, -0.15) is 0 Å². The molecule has 0 aromatic heterocycles. The summed E-state index contributed by atoms with van der Waals surface area (Å²) in [7, 11) is 1.43. The highest BCUT2D eigenvalue weighted by atomic mass is 127. The van der Waals surface area contributed by atoms with Crippen molar-refractivity contribution in [1.82, 2.24) is 4.90 Å². The van der Waals surface area contributed by atoms with Crippen molar-refractivity contribution in [2.75, 3.05) is 7.05 Å². The van der Waals surface area contributed by atoms with Crippen LogP contribution >= 0.6 is 45.8 Å². The van der Waals surface area contributed by atoms with E-state index in [9.17, 15) is 9.59 Å². The van der Waals surface area contributed by atoms with Gasteiger partial charge in [-0.25, -0.2) is 4.79 Å². The molecule has 0 aliphatic carbocycles. The minimum atomic E-state index is -1.32. The summed E-state index contributed by atoms with van der Waals surface area (Å²) in [5.74, 6) is -1.53. The number of aliphatic carboxylic acids is 1. The molecule has 7 heteroatoms. The number of nitrogens with zero attached hydrogens (tertiary/aromatic N) is 1. The minimum Gasteiger partial charge on any atom is -0.480 e. The molecule has 0 unspecified atom stereocenters. The molecule has 0 saturated heterocycles. The standard InChI is InChI=1S/C12H12Cl2INO3/c1-12(2,11(18)19)16(3)10(17)7-4-6(13)5-8(14)9(7)15/h4-5H,1-3H3,(H,18,19). The molecule has 1 aromatic rings. The van der Waals surface area contributed by atoms with Gasteiger partial charge in [-0.3, -0.25) is 4.79 Å². The number of amides is 1. The van der Waals surface area contributed by atoms with E-state index in [4.69, 9.17) is 28.3 Å². The summed E-state index contributed by atoms with van der Waals surface area (Å²) in [4.78, 5) is 24.7. The number of carbonyl (C=O) groups is 2. The molecular weight excluding hydrogens is 404 g/mol. The predicted molar refractivity (Wildman–Crippen MR) is 83.0 cm³/mol. The van der Waals surface area contributed by atoms with Crippen molar-refractivity contribution in [3.05, 3.63) is 31.3 Å². The Balaban J connectivity index is 3.25. The molecule has 0 saturated carbocycles. The van der Waals surface area contributed by atoms with Crippen LogP contribution in [0, 0.1) is 3.57 Å². The van der Waals surface area contributed by atoms with Gasteiger partial charge in [0.05, 0.1) is 10.6 Å². The molecule has 0 spiro atoms. The lowest BCUT2D eigenvalue weighted by Crippen LogP contribution is -2.50. The van der Waals surface area contributed by atoms with E-state index >= 15 is 0 Å². The third-order valence-corrected chi connectivity index (χ3v) is 4.89. The SMILES string of the molecule is CN(C(=O)c1cc(Cl)cc(Cl)c1I)C(C)(C)C(=O)O. The Morgan fingerprint density at radius 2 is 1.84 bits per heavy atom. The number of benzene rings is 1. The molecule has 0 fully saturated rings. The molecule has 104 valence electrons. The van der Waals surface area contributed by atoms with Crippen LogP contribution in [-0.4, -0.2) is 34.5 Å². The van der Waals surface area contributed by atoms with Crippen molar-refractivity contribution in [3.63, 3.8) is 0 Å². The summed E-state index contributed by atoms with van der Waals surface area (Å²) in [5.41, 5.74) is -1.04. The second-order valence-corrected chi connectivity index (χ2v) is 6.40. The Morgan fingerprint density at radius 3 is 2.32 bits per heavy atom. The van der Waals surface area contributed by atoms with Gasteiger partial charge in [-0.1, -0.05) is 23.2 Å². The average molecular weight is 416 g/mol. The van der Waals surface area contributed by atoms with E-state index in [2.05, 4.69) is 0 Å². The molecule has 1 N–H and O–H groups in total. The first-order valence-electron chi connectivity index (χ1n) is 5.25. The van der Waals surface area contributed by atoms with Crippen LogP contribution in [0.5, 0.6) is 0 Å². The van der Waals surface area contributed by atoms with Crippen LogP contribution in [0.4, 0.5) is 0 Å². The summed E-state index contributed by atoms with van der Waals surface area (Å²) in [6.07, 6.45) is 0. The van der Waals surface area contributed by atoms with Gasteiger partial charge >= 0.3 is 5.97 Å². The van der Waals surface area contributed by atoms with Gasteiger partial charge in [-0.15, -0.1) is 0 Å². The lowest BCUT2D eigenvalue weighted by molar-refractivity contribution is -0.147. The topological polar surface area (TPSA) is 57.6 Å². The van der Waals surface area contributed by atoms with Crippen molar-refractivity contribution in [3.8, 4) is 0 Å². The molecule has 0 atom stereocenters. The second kappa shape index (κ2) is 5.85. The Kier molecular flexibility index (Phi) is 5.08. The van der Waals surface area contributed by atoms with Gasteiger partial charge in [-0.05, 0) is 48.6 Å². The van der Waals surface area contributed by atoms with Crippen LogP contribution in [0.2, 0.25) is 10.0 Å². The molecule has 1 amide bonds. The molecule has 1 rings (SSSR count). The minimum absolute atomic E-state index is 0.287. The van der Waals surface area contributed by atoms with Gasteiger partial charge in [0.25, 0.3) is 5.91 Å². The number of likely N-dealkylation sites (N-methyl/N-ethyl adjacent to an activating group) is 1. The van der Waals surface area contributed by atoms with Crippen LogP contribution in [0.15, 0.2) is 12.1 Å². The third kappa shape index (κ3) is 3.32. The smallest absolute Gasteiger partial charge is 0.329 e. The van der Waals surface area contributed by atoms with E-state index in [1.54, 1.807) is 0 Å². The fraction of sp³-hybridized carbons (Fsp3) is 0.333. The zero-order chi connectivity index (χ0) is 15.0.